The van der Waals surface area contributed by atoms with Crippen molar-refractivity contribution in [3.63, 3.8) is 0 Å². The molecule has 1 aromatic carbocycles. The molecule has 0 atom stereocenters. The first-order valence-corrected chi connectivity index (χ1v) is 7.45. The third-order valence-electron chi connectivity index (χ3n) is 3.04. The van der Waals surface area contributed by atoms with Gasteiger partial charge >= 0.3 is 0 Å². The second-order valence-corrected chi connectivity index (χ2v) is 5.32. The summed E-state index contributed by atoms with van der Waals surface area (Å²) in [7, 11) is 4.10. The van der Waals surface area contributed by atoms with E-state index in [-0.39, 0.29) is 5.91 Å². The molecular formula is C16H27N3O2. The lowest BCUT2D eigenvalue weighted by Crippen LogP contribution is -2.23. The summed E-state index contributed by atoms with van der Waals surface area (Å²) in [6.07, 6.45) is 2.22. The molecule has 0 radical (unpaired) electrons. The molecule has 118 valence electrons. The highest BCUT2D eigenvalue weighted by molar-refractivity contribution is 5.75. The molecule has 1 amide bonds. The van der Waals surface area contributed by atoms with Crippen molar-refractivity contribution >= 4 is 5.91 Å². The Morgan fingerprint density at radius 1 is 1.24 bits per heavy atom. The minimum Gasteiger partial charge on any atom is -0.494 e. The van der Waals surface area contributed by atoms with Crippen LogP contribution in [0.1, 0.15) is 24.8 Å². The molecule has 0 saturated heterocycles. The van der Waals surface area contributed by atoms with Gasteiger partial charge in [-0.2, -0.15) is 0 Å². The van der Waals surface area contributed by atoms with E-state index in [0.717, 1.165) is 30.7 Å². The zero-order valence-corrected chi connectivity index (χ0v) is 13.1. The molecule has 21 heavy (non-hydrogen) atoms. The summed E-state index contributed by atoms with van der Waals surface area (Å²) in [5.74, 6) is 0.913. The minimum absolute atomic E-state index is 0.0458. The van der Waals surface area contributed by atoms with Crippen molar-refractivity contribution in [2.45, 2.75) is 25.8 Å². The second kappa shape index (κ2) is 10.2. The molecule has 0 aliphatic carbocycles. The SMILES string of the molecule is CN(C)CCCOc1ccc(CNC(=O)CCCN)cc1. The van der Waals surface area contributed by atoms with Crippen molar-refractivity contribution in [3.05, 3.63) is 29.8 Å². The molecule has 0 spiro atoms. The summed E-state index contributed by atoms with van der Waals surface area (Å²) in [4.78, 5) is 13.6. The molecule has 0 heterocycles. The maximum Gasteiger partial charge on any atom is 0.220 e. The van der Waals surface area contributed by atoms with Crippen molar-refractivity contribution < 1.29 is 9.53 Å². The van der Waals surface area contributed by atoms with Gasteiger partial charge in [-0.1, -0.05) is 12.1 Å². The maximum atomic E-state index is 11.5. The number of nitrogens with one attached hydrogen (secondary N) is 1. The number of carbonyl (C=O) groups is 1. The van der Waals surface area contributed by atoms with Crippen molar-refractivity contribution in [1.82, 2.24) is 10.2 Å². The van der Waals surface area contributed by atoms with Gasteiger partial charge in [-0.05, 0) is 51.2 Å². The van der Waals surface area contributed by atoms with Crippen LogP contribution in [0.3, 0.4) is 0 Å². The molecule has 5 heteroatoms. The number of nitrogens with two attached hydrogens (primary N) is 1. The van der Waals surface area contributed by atoms with E-state index in [0.29, 0.717) is 26.1 Å². The Bertz CT molecular complexity index is 404. The van der Waals surface area contributed by atoms with Gasteiger partial charge in [0.25, 0.3) is 0 Å². The third-order valence-corrected chi connectivity index (χ3v) is 3.04. The summed E-state index contributed by atoms with van der Waals surface area (Å²) in [5, 5.41) is 2.88. The fourth-order valence-electron chi connectivity index (χ4n) is 1.83. The molecule has 5 nitrogen and oxygen atoms in total. The van der Waals surface area contributed by atoms with Crippen LogP contribution in [0.5, 0.6) is 5.75 Å². The van der Waals surface area contributed by atoms with E-state index >= 15 is 0 Å². The number of hydrogen-bond donors (Lipinski definition) is 2. The lowest BCUT2D eigenvalue weighted by atomic mass is 10.2. The third kappa shape index (κ3) is 8.32. The summed E-state index contributed by atoms with van der Waals surface area (Å²) in [6, 6.07) is 7.84. The van der Waals surface area contributed by atoms with Gasteiger partial charge in [0.15, 0.2) is 0 Å². The summed E-state index contributed by atoms with van der Waals surface area (Å²) in [6.45, 7) is 2.83. The van der Waals surface area contributed by atoms with Gasteiger partial charge in [0, 0.05) is 19.5 Å². The van der Waals surface area contributed by atoms with Crippen molar-refractivity contribution in [3.8, 4) is 5.75 Å². The van der Waals surface area contributed by atoms with Crippen LogP contribution in [-0.2, 0) is 11.3 Å². The van der Waals surface area contributed by atoms with E-state index in [9.17, 15) is 4.79 Å². The maximum absolute atomic E-state index is 11.5. The monoisotopic (exact) mass is 293 g/mol. The Kier molecular flexibility index (Phi) is 8.47. The van der Waals surface area contributed by atoms with Gasteiger partial charge in [0.05, 0.1) is 6.61 Å². The predicted molar refractivity (Wildman–Crippen MR) is 85.2 cm³/mol. The van der Waals surface area contributed by atoms with E-state index in [2.05, 4.69) is 24.3 Å². The van der Waals surface area contributed by atoms with Crippen LogP contribution in [0.25, 0.3) is 0 Å². The van der Waals surface area contributed by atoms with Crippen LogP contribution in [0.2, 0.25) is 0 Å². The molecule has 3 N–H and O–H groups in total. The van der Waals surface area contributed by atoms with Crippen molar-refractivity contribution in [2.24, 2.45) is 5.73 Å². The van der Waals surface area contributed by atoms with Crippen LogP contribution in [0.15, 0.2) is 24.3 Å². The predicted octanol–water partition coefficient (Wildman–Crippen LogP) is 1.37. The van der Waals surface area contributed by atoms with Crippen LogP contribution in [-0.4, -0.2) is 44.6 Å². The average Bonchev–Trinajstić information content (AvgIpc) is 2.48. The van der Waals surface area contributed by atoms with Crippen LogP contribution < -0.4 is 15.8 Å². The van der Waals surface area contributed by atoms with E-state index < -0.39 is 0 Å². The molecule has 0 aliphatic rings. The fourth-order valence-corrected chi connectivity index (χ4v) is 1.83. The first-order chi connectivity index (χ1) is 10.1. The first kappa shape index (κ1) is 17.5. The van der Waals surface area contributed by atoms with Crippen LogP contribution in [0.4, 0.5) is 0 Å². The number of benzene rings is 1. The smallest absolute Gasteiger partial charge is 0.220 e. The molecule has 0 fully saturated rings. The largest absolute Gasteiger partial charge is 0.494 e. The summed E-state index contributed by atoms with van der Waals surface area (Å²) in [5.41, 5.74) is 6.44. The van der Waals surface area contributed by atoms with Gasteiger partial charge < -0.3 is 20.7 Å². The Hall–Kier alpha value is -1.59. The number of ether oxygens (including phenoxy) is 1. The van der Waals surface area contributed by atoms with Gasteiger partial charge in [-0.3, -0.25) is 4.79 Å². The minimum atomic E-state index is 0.0458. The lowest BCUT2D eigenvalue weighted by molar-refractivity contribution is -0.121. The quantitative estimate of drug-likeness (QED) is 0.639. The molecule has 0 saturated carbocycles. The van der Waals surface area contributed by atoms with Gasteiger partial charge in [0.1, 0.15) is 5.75 Å². The Labute approximate surface area is 127 Å². The Morgan fingerprint density at radius 3 is 2.57 bits per heavy atom. The van der Waals surface area contributed by atoms with E-state index in [1.165, 1.54) is 0 Å². The summed E-state index contributed by atoms with van der Waals surface area (Å²) >= 11 is 0. The first-order valence-electron chi connectivity index (χ1n) is 7.45. The fraction of sp³-hybridized carbons (Fsp3) is 0.562. The van der Waals surface area contributed by atoms with E-state index in [1.807, 2.05) is 24.3 Å². The Morgan fingerprint density at radius 2 is 1.95 bits per heavy atom. The normalized spacial score (nSPS) is 10.7. The molecule has 0 aliphatic heterocycles. The molecule has 0 unspecified atom stereocenters. The highest BCUT2D eigenvalue weighted by Crippen LogP contribution is 2.12. The number of carbonyl (C=O) groups excluding carboxylic acids is 1. The number of rotatable bonds is 10. The zero-order chi connectivity index (χ0) is 15.5. The van der Waals surface area contributed by atoms with Crippen LogP contribution >= 0.6 is 0 Å². The van der Waals surface area contributed by atoms with Crippen molar-refractivity contribution in [1.29, 1.82) is 0 Å². The van der Waals surface area contributed by atoms with Crippen LogP contribution in [0, 0.1) is 0 Å². The van der Waals surface area contributed by atoms with E-state index in [1.54, 1.807) is 0 Å². The number of nitrogens with zero attached hydrogens (tertiary/aromatic N) is 1. The van der Waals surface area contributed by atoms with Gasteiger partial charge in [-0.25, -0.2) is 0 Å². The molecule has 0 bridgehead atoms. The average molecular weight is 293 g/mol. The Balaban J connectivity index is 2.25. The summed E-state index contributed by atoms with van der Waals surface area (Å²) < 4.78 is 5.66. The van der Waals surface area contributed by atoms with E-state index in [4.69, 9.17) is 10.5 Å². The van der Waals surface area contributed by atoms with Crippen molar-refractivity contribution in [2.75, 3.05) is 33.8 Å². The standard InChI is InChI=1S/C16H27N3O2/c1-19(2)11-4-12-21-15-8-6-14(7-9-15)13-18-16(20)5-3-10-17/h6-9H,3-5,10-13,17H2,1-2H3,(H,18,20). The highest BCUT2D eigenvalue weighted by Gasteiger charge is 2.01. The lowest BCUT2D eigenvalue weighted by Gasteiger charge is -2.11. The molecule has 1 aromatic rings. The molecule has 1 rings (SSSR count). The number of hydrogen-bond acceptors (Lipinski definition) is 4. The second-order valence-electron chi connectivity index (χ2n) is 5.32. The van der Waals surface area contributed by atoms with Gasteiger partial charge in [-0.15, -0.1) is 0 Å². The zero-order valence-electron chi connectivity index (χ0n) is 13.1. The number of amides is 1. The molecule has 0 aromatic heterocycles. The topological polar surface area (TPSA) is 67.6 Å². The van der Waals surface area contributed by atoms with Gasteiger partial charge in [0.2, 0.25) is 5.91 Å². The molecular weight excluding hydrogens is 266 g/mol. The highest BCUT2D eigenvalue weighted by atomic mass is 16.5.